The number of aryl methyl sites for hydroxylation is 1. The van der Waals surface area contributed by atoms with E-state index in [0.29, 0.717) is 5.82 Å². The molecule has 0 saturated carbocycles. The predicted molar refractivity (Wildman–Crippen MR) is 94.3 cm³/mol. The molecule has 0 radical (unpaired) electrons. The van der Waals surface area contributed by atoms with Gasteiger partial charge in [-0.2, -0.15) is 12.7 Å². The van der Waals surface area contributed by atoms with E-state index < -0.39 is 10.2 Å². The highest BCUT2D eigenvalue weighted by molar-refractivity contribution is 7.90. The van der Waals surface area contributed by atoms with Crippen LogP contribution in [0.1, 0.15) is 12.5 Å². The molecule has 124 valence electrons. The number of nitrogens with zero attached hydrogens (tertiary/aromatic N) is 3. The lowest BCUT2D eigenvalue weighted by Crippen LogP contribution is -2.29. The van der Waals surface area contributed by atoms with Crippen molar-refractivity contribution in [1.29, 1.82) is 0 Å². The molecular weight excluding hydrogens is 312 g/mol. The van der Waals surface area contributed by atoms with Crippen LogP contribution >= 0.6 is 0 Å². The van der Waals surface area contributed by atoms with E-state index in [4.69, 9.17) is 0 Å². The summed E-state index contributed by atoms with van der Waals surface area (Å²) in [4.78, 5) is 6.32. The molecule has 0 saturated heterocycles. The van der Waals surface area contributed by atoms with Gasteiger partial charge in [0.05, 0.1) is 11.9 Å². The summed E-state index contributed by atoms with van der Waals surface area (Å²) >= 11 is 0. The number of pyridine rings is 1. The van der Waals surface area contributed by atoms with E-state index in [1.54, 1.807) is 12.3 Å². The molecule has 0 amide bonds. The number of aromatic nitrogens is 1. The standard InChI is InChI=1S/C16H22N4O2S/c1-5-20(14-8-6-7-13(2)11-14)15-9-10-16(17-12-15)18-23(21,22)19(3)4/h6-12H,5H2,1-4H3,(H,17,18). The molecule has 0 fully saturated rings. The fourth-order valence-electron chi connectivity index (χ4n) is 2.14. The van der Waals surface area contributed by atoms with E-state index in [9.17, 15) is 8.42 Å². The number of hydrogen-bond donors (Lipinski definition) is 1. The average Bonchev–Trinajstić information content (AvgIpc) is 2.49. The number of anilines is 3. The Balaban J connectivity index is 2.24. The van der Waals surface area contributed by atoms with Gasteiger partial charge < -0.3 is 4.90 Å². The summed E-state index contributed by atoms with van der Waals surface area (Å²) in [6.45, 7) is 4.90. The van der Waals surface area contributed by atoms with Crippen molar-refractivity contribution in [3.05, 3.63) is 48.2 Å². The van der Waals surface area contributed by atoms with Crippen LogP contribution in [0.15, 0.2) is 42.6 Å². The summed E-state index contributed by atoms with van der Waals surface area (Å²) in [5.74, 6) is 0.294. The van der Waals surface area contributed by atoms with Crippen LogP contribution < -0.4 is 9.62 Å². The van der Waals surface area contributed by atoms with Gasteiger partial charge in [0.2, 0.25) is 0 Å². The van der Waals surface area contributed by atoms with Crippen molar-refractivity contribution in [2.24, 2.45) is 0 Å². The maximum absolute atomic E-state index is 11.8. The van der Waals surface area contributed by atoms with Crippen molar-refractivity contribution in [2.75, 3.05) is 30.3 Å². The van der Waals surface area contributed by atoms with Gasteiger partial charge in [0.15, 0.2) is 0 Å². The smallest absolute Gasteiger partial charge is 0.302 e. The van der Waals surface area contributed by atoms with Gasteiger partial charge in [-0.15, -0.1) is 0 Å². The quantitative estimate of drug-likeness (QED) is 0.882. The van der Waals surface area contributed by atoms with E-state index in [-0.39, 0.29) is 0 Å². The van der Waals surface area contributed by atoms with E-state index in [1.807, 2.05) is 18.2 Å². The third-order valence-corrected chi connectivity index (χ3v) is 4.83. The highest BCUT2D eigenvalue weighted by Gasteiger charge is 2.14. The van der Waals surface area contributed by atoms with Gasteiger partial charge in [0.1, 0.15) is 5.82 Å². The molecule has 7 heteroatoms. The zero-order chi connectivity index (χ0) is 17.0. The summed E-state index contributed by atoms with van der Waals surface area (Å²) in [6.07, 6.45) is 1.67. The molecule has 0 aliphatic carbocycles. The third kappa shape index (κ3) is 4.20. The summed E-state index contributed by atoms with van der Waals surface area (Å²) < 4.78 is 27.1. The van der Waals surface area contributed by atoms with Gasteiger partial charge in [-0.05, 0) is 43.7 Å². The lowest BCUT2D eigenvalue weighted by atomic mass is 10.2. The normalized spacial score (nSPS) is 11.5. The lowest BCUT2D eigenvalue weighted by molar-refractivity contribution is 0.526. The van der Waals surface area contributed by atoms with Gasteiger partial charge in [-0.25, -0.2) is 4.98 Å². The van der Waals surface area contributed by atoms with Crippen molar-refractivity contribution in [2.45, 2.75) is 13.8 Å². The predicted octanol–water partition coefficient (Wildman–Crippen LogP) is 2.77. The molecule has 2 rings (SSSR count). The molecule has 1 aromatic heterocycles. The van der Waals surface area contributed by atoms with Gasteiger partial charge in [-0.1, -0.05) is 12.1 Å². The number of rotatable bonds is 6. The molecule has 1 aromatic carbocycles. The molecule has 1 N–H and O–H groups in total. The van der Waals surface area contributed by atoms with Crippen molar-refractivity contribution in [1.82, 2.24) is 9.29 Å². The number of nitrogens with one attached hydrogen (secondary N) is 1. The fourth-order valence-corrected chi connectivity index (χ4v) is 2.71. The Morgan fingerprint density at radius 2 is 1.87 bits per heavy atom. The third-order valence-electron chi connectivity index (χ3n) is 3.40. The van der Waals surface area contributed by atoms with Gasteiger partial charge >= 0.3 is 10.2 Å². The molecule has 0 unspecified atom stereocenters. The van der Waals surface area contributed by atoms with Crippen molar-refractivity contribution in [3.8, 4) is 0 Å². The minimum atomic E-state index is -3.54. The summed E-state index contributed by atoms with van der Waals surface area (Å²) in [5, 5.41) is 0. The maximum atomic E-state index is 11.8. The van der Waals surface area contributed by atoms with Crippen molar-refractivity contribution < 1.29 is 8.42 Å². The van der Waals surface area contributed by atoms with Gasteiger partial charge in [-0.3, -0.25) is 4.72 Å². The van der Waals surface area contributed by atoms with E-state index >= 15 is 0 Å². The molecular formula is C16H22N4O2S. The van der Waals surface area contributed by atoms with Gasteiger partial charge in [0, 0.05) is 26.3 Å². The number of benzene rings is 1. The minimum Gasteiger partial charge on any atom is -0.341 e. The van der Waals surface area contributed by atoms with Crippen LogP contribution in [0.2, 0.25) is 0 Å². The Morgan fingerprint density at radius 3 is 2.39 bits per heavy atom. The fraction of sp³-hybridized carbons (Fsp3) is 0.312. The molecule has 0 bridgehead atoms. The Morgan fingerprint density at radius 1 is 1.13 bits per heavy atom. The molecule has 0 spiro atoms. The Hall–Kier alpha value is -2.12. The molecule has 2 aromatic rings. The van der Waals surface area contributed by atoms with Crippen LogP contribution in [0.4, 0.5) is 17.2 Å². The summed E-state index contributed by atoms with van der Waals surface area (Å²) in [7, 11) is -0.609. The zero-order valence-electron chi connectivity index (χ0n) is 13.8. The first-order valence-corrected chi connectivity index (χ1v) is 8.78. The number of hydrogen-bond acceptors (Lipinski definition) is 4. The first-order chi connectivity index (χ1) is 10.8. The van der Waals surface area contributed by atoms with Gasteiger partial charge in [0.25, 0.3) is 0 Å². The first-order valence-electron chi connectivity index (χ1n) is 7.34. The summed E-state index contributed by atoms with van der Waals surface area (Å²) in [5.41, 5.74) is 3.17. The van der Waals surface area contributed by atoms with Crippen molar-refractivity contribution >= 4 is 27.4 Å². The largest absolute Gasteiger partial charge is 0.341 e. The zero-order valence-corrected chi connectivity index (χ0v) is 14.6. The Bertz CT molecular complexity index is 758. The first kappa shape index (κ1) is 17.2. The van der Waals surface area contributed by atoms with E-state index in [2.05, 4.69) is 40.6 Å². The molecule has 0 aliphatic heterocycles. The van der Waals surface area contributed by atoms with Crippen molar-refractivity contribution in [3.63, 3.8) is 0 Å². The molecule has 1 heterocycles. The molecule has 0 aliphatic rings. The molecule has 23 heavy (non-hydrogen) atoms. The second-order valence-electron chi connectivity index (χ2n) is 5.37. The second-order valence-corrected chi connectivity index (χ2v) is 7.26. The Labute approximate surface area is 137 Å². The molecule has 0 atom stereocenters. The van der Waals surface area contributed by atoms with Crippen LogP contribution in [0, 0.1) is 6.92 Å². The van der Waals surface area contributed by atoms with Crippen LogP contribution in [0.5, 0.6) is 0 Å². The highest BCUT2D eigenvalue weighted by atomic mass is 32.2. The summed E-state index contributed by atoms with van der Waals surface area (Å²) in [6, 6.07) is 11.7. The maximum Gasteiger partial charge on any atom is 0.302 e. The van der Waals surface area contributed by atoms with E-state index in [1.165, 1.54) is 19.7 Å². The van der Waals surface area contributed by atoms with Crippen LogP contribution in [0.25, 0.3) is 0 Å². The van der Waals surface area contributed by atoms with E-state index in [0.717, 1.165) is 22.2 Å². The molecule has 6 nitrogen and oxygen atoms in total. The lowest BCUT2D eigenvalue weighted by Gasteiger charge is -2.23. The SMILES string of the molecule is CCN(c1ccc(NS(=O)(=O)N(C)C)nc1)c1cccc(C)c1. The Kier molecular flexibility index (Phi) is 5.23. The average molecular weight is 334 g/mol. The minimum absolute atomic E-state index is 0.294. The topological polar surface area (TPSA) is 65.5 Å². The second kappa shape index (κ2) is 6.97. The highest BCUT2D eigenvalue weighted by Crippen LogP contribution is 2.26. The van der Waals surface area contributed by atoms with Crippen LogP contribution in [0.3, 0.4) is 0 Å². The van der Waals surface area contributed by atoms with Crippen LogP contribution in [-0.2, 0) is 10.2 Å². The van der Waals surface area contributed by atoms with Crippen LogP contribution in [-0.4, -0.2) is 38.3 Å². The monoisotopic (exact) mass is 334 g/mol.